The first-order valence-electron chi connectivity index (χ1n) is 8.47. The van der Waals surface area contributed by atoms with Crippen molar-refractivity contribution in [1.29, 1.82) is 0 Å². The number of alkyl halides is 10. The standard InChI is InChI=1S/C17H16F10O6/c1-29-12(28)10-3-5-11(6-4-10)32-8-7-31-9-13(18,15(20,21)22)33-17(26,27)14(19,30-2)16(23,24)25/h3-6H,7-9H2,1-2H3. The number of benzene rings is 1. The van der Waals surface area contributed by atoms with Gasteiger partial charge in [0.05, 0.1) is 19.3 Å². The van der Waals surface area contributed by atoms with E-state index in [1.807, 2.05) is 0 Å². The Hall–Kier alpha value is -2.33. The summed E-state index contributed by atoms with van der Waals surface area (Å²) in [4.78, 5) is 11.3. The summed E-state index contributed by atoms with van der Waals surface area (Å²) >= 11 is 0. The van der Waals surface area contributed by atoms with Crippen LogP contribution >= 0.6 is 0 Å². The quantitative estimate of drug-likeness (QED) is 0.249. The summed E-state index contributed by atoms with van der Waals surface area (Å²) in [5.41, 5.74) is 0.130. The fourth-order valence-electron chi connectivity index (χ4n) is 2.06. The lowest BCUT2D eigenvalue weighted by molar-refractivity contribution is -0.503. The molecule has 33 heavy (non-hydrogen) atoms. The topological polar surface area (TPSA) is 63.2 Å². The van der Waals surface area contributed by atoms with Crippen LogP contribution in [0.15, 0.2) is 24.3 Å². The molecule has 0 aliphatic heterocycles. The van der Waals surface area contributed by atoms with Crippen molar-refractivity contribution < 1.29 is 72.4 Å². The lowest BCUT2D eigenvalue weighted by Gasteiger charge is -2.37. The molecule has 1 rings (SSSR count). The highest BCUT2D eigenvalue weighted by atomic mass is 19.4. The van der Waals surface area contributed by atoms with E-state index < -0.39 is 56.0 Å². The van der Waals surface area contributed by atoms with E-state index in [0.717, 1.165) is 7.11 Å². The van der Waals surface area contributed by atoms with Crippen LogP contribution in [0.2, 0.25) is 0 Å². The second-order valence-corrected chi connectivity index (χ2v) is 6.06. The highest BCUT2D eigenvalue weighted by Crippen LogP contribution is 2.50. The van der Waals surface area contributed by atoms with Crippen LogP contribution < -0.4 is 4.74 Å². The average Bonchev–Trinajstić information content (AvgIpc) is 2.70. The van der Waals surface area contributed by atoms with Crippen LogP contribution in [-0.2, 0) is 18.9 Å². The van der Waals surface area contributed by atoms with Crippen molar-refractivity contribution in [2.75, 3.05) is 34.0 Å². The van der Waals surface area contributed by atoms with Gasteiger partial charge in [-0.1, -0.05) is 0 Å². The van der Waals surface area contributed by atoms with Crippen LogP contribution in [0, 0.1) is 0 Å². The maximum Gasteiger partial charge on any atom is 0.457 e. The van der Waals surface area contributed by atoms with Crippen molar-refractivity contribution in [3.05, 3.63) is 29.8 Å². The van der Waals surface area contributed by atoms with Gasteiger partial charge >= 0.3 is 36.1 Å². The van der Waals surface area contributed by atoms with Gasteiger partial charge in [0.2, 0.25) is 0 Å². The number of carbonyl (C=O) groups excluding carboxylic acids is 1. The summed E-state index contributed by atoms with van der Waals surface area (Å²) in [5.74, 6) is -12.3. The number of carbonyl (C=O) groups is 1. The Morgan fingerprint density at radius 3 is 1.79 bits per heavy atom. The Kier molecular flexibility index (Phi) is 8.95. The molecular weight excluding hydrogens is 490 g/mol. The summed E-state index contributed by atoms with van der Waals surface area (Å²) in [6, 6.07) is 5.00. The molecule has 0 bridgehead atoms. The van der Waals surface area contributed by atoms with Gasteiger partial charge in [-0.2, -0.15) is 43.9 Å². The predicted octanol–water partition coefficient (Wildman–Crippen LogP) is 4.58. The first kappa shape index (κ1) is 28.7. The van der Waals surface area contributed by atoms with Gasteiger partial charge < -0.3 is 18.9 Å². The fourth-order valence-corrected chi connectivity index (χ4v) is 2.06. The minimum Gasteiger partial charge on any atom is -0.491 e. The molecule has 1 aromatic rings. The van der Waals surface area contributed by atoms with Gasteiger partial charge in [-0.25, -0.2) is 4.79 Å². The van der Waals surface area contributed by atoms with Crippen molar-refractivity contribution in [3.8, 4) is 5.75 Å². The second kappa shape index (κ2) is 10.3. The fraction of sp³-hybridized carbons (Fsp3) is 0.588. The monoisotopic (exact) mass is 506 g/mol. The van der Waals surface area contributed by atoms with Crippen LogP contribution in [0.4, 0.5) is 43.9 Å². The summed E-state index contributed by atoms with van der Waals surface area (Å²) in [7, 11) is 0.894. The normalized spacial score (nSPS) is 16.6. The van der Waals surface area contributed by atoms with E-state index in [4.69, 9.17) is 4.74 Å². The Labute approximate surface area is 179 Å². The molecule has 0 spiro atoms. The molecule has 0 saturated heterocycles. The maximum atomic E-state index is 14.1. The van der Waals surface area contributed by atoms with Gasteiger partial charge in [0, 0.05) is 7.11 Å². The van der Waals surface area contributed by atoms with E-state index in [0.29, 0.717) is 0 Å². The largest absolute Gasteiger partial charge is 0.491 e. The molecular formula is C17H16F10O6. The highest BCUT2D eigenvalue weighted by Gasteiger charge is 2.78. The molecule has 2 atom stereocenters. The van der Waals surface area contributed by atoms with E-state index in [9.17, 15) is 48.7 Å². The van der Waals surface area contributed by atoms with E-state index in [2.05, 4.69) is 18.9 Å². The van der Waals surface area contributed by atoms with Crippen LogP contribution in [0.1, 0.15) is 10.4 Å². The Bertz CT molecular complexity index is 782. The SMILES string of the molecule is COC(=O)c1ccc(OCCOCC(F)(OC(F)(F)C(F)(OC)C(F)(F)F)C(F)(F)F)cc1. The van der Waals surface area contributed by atoms with E-state index >= 15 is 0 Å². The lowest BCUT2D eigenvalue weighted by atomic mass is 10.2. The molecule has 0 heterocycles. The smallest absolute Gasteiger partial charge is 0.457 e. The van der Waals surface area contributed by atoms with Gasteiger partial charge in [0.25, 0.3) is 0 Å². The molecule has 0 aromatic heterocycles. The first-order chi connectivity index (χ1) is 14.9. The molecule has 0 aliphatic carbocycles. The molecule has 16 heteroatoms. The molecule has 0 N–H and O–H groups in total. The van der Waals surface area contributed by atoms with Crippen molar-refractivity contribution in [1.82, 2.24) is 0 Å². The zero-order valence-corrected chi connectivity index (χ0v) is 16.7. The summed E-state index contributed by atoms with van der Waals surface area (Å²) < 4.78 is 151. The average molecular weight is 506 g/mol. The van der Waals surface area contributed by atoms with Gasteiger partial charge in [0.15, 0.2) is 0 Å². The highest BCUT2D eigenvalue weighted by molar-refractivity contribution is 5.89. The Balaban J connectivity index is 2.79. The maximum absolute atomic E-state index is 14.1. The number of methoxy groups -OCH3 is 2. The predicted molar refractivity (Wildman–Crippen MR) is 86.9 cm³/mol. The first-order valence-corrected chi connectivity index (χ1v) is 8.47. The summed E-state index contributed by atoms with van der Waals surface area (Å²) in [5, 5.41) is 0. The van der Waals surface area contributed by atoms with Gasteiger partial charge in [0.1, 0.15) is 19.0 Å². The third-order valence-electron chi connectivity index (χ3n) is 3.79. The summed E-state index contributed by atoms with van der Waals surface area (Å²) in [6.07, 6.45) is -19.4. The number of esters is 1. The van der Waals surface area contributed by atoms with Crippen LogP contribution in [-0.4, -0.2) is 70.2 Å². The number of halogens is 10. The Morgan fingerprint density at radius 2 is 1.36 bits per heavy atom. The van der Waals surface area contributed by atoms with Crippen LogP contribution in [0.3, 0.4) is 0 Å². The second-order valence-electron chi connectivity index (χ2n) is 6.06. The van der Waals surface area contributed by atoms with Gasteiger partial charge in [-0.05, 0) is 24.3 Å². The van der Waals surface area contributed by atoms with E-state index in [-0.39, 0.29) is 18.4 Å². The molecule has 190 valence electrons. The number of hydrogen-bond donors (Lipinski definition) is 0. The summed E-state index contributed by atoms with van der Waals surface area (Å²) in [6.45, 7) is -3.87. The lowest BCUT2D eigenvalue weighted by Crippen LogP contribution is -2.63. The minimum absolute atomic E-state index is 0.0591. The number of rotatable bonds is 11. The molecule has 6 nitrogen and oxygen atoms in total. The third-order valence-corrected chi connectivity index (χ3v) is 3.79. The van der Waals surface area contributed by atoms with Crippen LogP contribution in [0.25, 0.3) is 0 Å². The third kappa shape index (κ3) is 6.60. The molecule has 0 saturated carbocycles. The zero-order valence-electron chi connectivity index (χ0n) is 16.7. The van der Waals surface area contributed by atoms with Crippen LogP contribution in [0.5, 0.6) is 5.75 Å². The van der Waals surface area contributed by atoms with Gasteiger partial charge in [-0.15, -0.1) is 0 Å². The molecule has 1 aromatic carbocycles. The van der Waals surface area contributed by atoms with Crippen molar-refractivity contribution in [2.45, 2.75) is 30.2 Å². The Morgan fingerprint density at radius 1 is 0.818 bits per heavy atom. The minimum atomic E-state index is -6.59. The molecule has 0 aliphatic rings. The number of ether oxygens (including phenoxy) is 5. The molecule has 0 amide bonds. The van der Waals surface area contributed by atoms with Crippen molar-refractivity contribution >= 4 is 5.97 Å². The zero-order chi connectivity index (χ0) is 25.7. The molecule has 0 radical (unpaired) electrons. The molecule has 2 unspecified atom stereocenters. The number of hydrogen-bond acceptors (Lipinski definition) is 6. The van der Waals surface area contributed by atoms with Crippen molar-refractivity contribution in [3.63, 3.8) is 0 Å². The van der Waals surface area contributed by atoms with E-state index in [1.165, 1.54) is 24.3 Å². The van der Waals surface area contributed by atoms with Gasteiger partial charge in [-0.3, -0.25) is 4.74 Å². The molecule has 0 fully saturated rings. The van der Waals surface area contributed by atoms with E-state index in [1.54, 1.807) is 0 Å². The van der Waals surface area contributed by atoms with Crippen molar-refractivity contribution in [2.24, 2.45) is 0 Å².